The van der Waals surface area contributed by atoms with E-state index in [2.05, 4.69) is 21.4 Å². The molecule has 130 valence electrons. The van der Waals surface area contributed by atoms with Crippen LogP contribution in [0, 0.1) is 0 Å². The van der Waals surface area contributed by atoms with Gasteiger partial charge in [0.2, 0.25) is 0 Å². The zero-order valence-electron chi connectivity index (χ0n) is 13.7. The van der Waals surface area contributed by atoms with Gasteiger partial charge in [-0.3, -0.25) is 4.79 Å². The molecule has 3 rings (SSSR count). The second kappa shape index (κ2) is 7.65. The lowest BCUT2D eigenvalue weighted by atomic mass is 10.0. The van der Waals surface area contributed by atoms with Crippen LogP contribution in [0.3, 0.4) is 0 Å². The van der Waals surface area contributed by atoms with Crippen LogP contribution >= 0.6 is 11.6 Å². The normalized spacial score (nSPS) is 20.5. The molecule has 1 aliphatic rings. The van der Waals surface area contributed by atoms with Crippen molar-refractivity contribution in [1.29, 1.82) is 0 Å². The van der Waals surface area contributed by atoms with Gasteiger partial charge in [-0.05, 0) is 43.2 Å². The fraction of sp³-hybridized carbons (Fsp3) is 0.222. The van der Waals surface area contributed by atoms with Gasteiger partial charge in [-0.25, -0.2) is 16.3 Å². The lowest BCUT2D eigenvalue weighted by molar-refractivity contribution is -0.122. The number of hydrazine groups is 1. The van der Waals surface area contributed by atoms with Crippen LogP contribution in [0.1, 0.15) is 30.5 Å². The summed E-state index contributed by atoms with van der Waals surface area (Å²) in [6, 6.07) is 14.0. The van der Waals surface area contributed by atoms with Gasteiger partial charge < -0.3 is 5.11 Å². The van der Waals surface area contributed by atoms with E-state index in [0.29, 0.717) is 22.7 Å². The van der Waals surface area contributed by atoms with Gasteiger partial charge in [-0.1, -0.05) is 35.9 Å². The van der Waals surface area contributed by atoms with Crippen LogP contribution in [0.15, 0.2) is 53.6 Å². The van der Waals surface area contributed by atoms with Crippen molar-refractivity contribution in [3.05, 3.63) is 64.7 Å². The molecule has 2 aromatic rings. The zero-order chi connectivity index (χ0) is 17.8. The minimum Gasteiger partial charge on any atom is -0.507 e. The lowest BCUT2D eigenvalue weighted by Gasteiger charge is -2.09. The summed E-state index contributed by atoms with van der Waals surface area (Å²) in [5, 5.41) is 14.6. The maximum Gasteiger partial charge on any atom is 0.258 e. The summed E-state index contributed by atoms with van der Waals surface area (Å²) in [5.74, 6) is -0.111. The van der Waals surface area contributed by atoms with Crippen molar-refractivity contribution in [2.24, 2.45) is 5.10 Å². The first-order valence-electron chi connectivity index (χ1n) is 7.93. The van der Waals surface area contributed by atoms with Crippen molar-refractivity contribution in [1.82, 2.24) is 16.3 Å². The molecule has 0 saturated carbocycles. The first-order chi connectivity index (χ1) is 12.0. The smallest absolute Gasteiger partial charge is 0.258 e. The second-order valence-corrected chi connectivity index (χ2v) is 6.31. The summed E-state index contributed by atoms with van der Waals surface area (Å²) < 4.78 is 0. The Morgan fingerprint density at radius 2 is 1.92 bits per heavy atom. The highest BCUT2D eigenvalue weighted by molar-refractivity contribution is 6.30. The van der Waals surface area contributed by atoms with Gasteiger partial charge in [0.15, 0.2) is 0 Å². The van der Waals surface area contributed by atoms with Gasteiger partial charge >= 0.3 is 0 Å². The fourth-order valence-electron chi connectivity index (χ4n) is 2.70. The zero-order valence-corrected chi connectivity index (χ0v) is 14.4. The molecule has 1 fully saturated rings. The SMILES string of the molecule is C/C(=N\NC(=O)C1CC(c2ccc(Cl)cc2)NN1)c1ccccc1O. The Balaban J connectivity index is 1.60. The van der Waals surface area contributed by atoms with Crippen LogP contribution in [0.4, 0.5) is 0 Å². The molecular weight excluding hydrogens is 340 g/mol. The maximum absolute atomic E-state index is 12.3. The monoisotopic (exact) mass is 358 g/mol. The molecule has 0 bridgehead atoms. The summed E-state index contributed by atoms with van der Waals surface area (Å²) in [7, 11) is 0. The molecule has 4 N–H and O–H groups in total. The van der Waals surface area contributed by atoms with Crippen molar-refractivity contribution in [3.8, 4) is 5.75 Å². The number of nitrogens with zero attached hydrogens (tertiary/aromatic N) is 1. The Hall–Kier alpha value is -2.41. The third kappa shape index (κ3) is 4.17. The van der Waals surface area contributed by atoms with E-state index < -0.39 is 6.04 Å². The summed E-state index contributed by atoms with van der Waals surface area (Å²) in [5.41, 5.74) is 10.8. The van der Waals surface area contributed by atoms with E-state index in [1.165, 1.54) is 0 Å². The summed E-state index contributed by atoms with van der Waals surface area (Å²) in [4.78, 5) is 12.3. The number of phenols is 1. The molecule has 0 spiro atoms. The molecule has 2 unspecified atom stereocenters. The lowest BCUT2D eigenvalue weighted by Crippen LogP contribution is -2.41. The molecule has 0 aliphatic carbocycles. The number of hydrogen-bond acceptors (Lipinski definition) is 5. The number of halogens is 1. The van der Waals surface area contributed by atoms with Gasteiger partial charge in [0.25, 0.3) is 5.91 Å². The largest absolute Gasteiger partial charge is 0.507 e. The molecule has 1 amide bonds. The van der Waals surface area contributed by atoms with Gasteiger partial charge in [0, 0.05) is 16.6 Å². The molecule has 25 heavy (non-hydrogen) atoms. The molecule has 1 heterocycles. The predicted octanol–water partition coefficient (Wildman–Crippen LogP) is 2.49. The highest BCUT2D eigenvalue weighted by Crippen LogP contribution is 2.23. The Morgan fingerprint density at radius 1 is 1.20 bits per heavy atom. The number of nitrogens with one attached hydrogen (secondary N) is 3. The summed E-state index contributed by atoms with van der Waals surface area (Å²) >= 11 is 5.90. The topological polar surface area (TPSA) is 85.8 Å². The minimum absolute atomic E-state index is 0.0243. The maximum atomic E-state index is 12.3. The van der Waals surface area contributed by atoms with Crippen LogP contribution in [-0.4, -0.2) is 22.8 Å². The standard InChI is InChI=1S/C18H19ClN4O2/c1-11(14-4-2-3-5-17(14)24)20-23-18(25)16-10-15(21-22-16)12-6-8-13(19)9-7-12/h2-9,15-16,21-22,24H,10H2,1H3,(H,23,25)/b20-11+. The molecule has 2 atom stereocenters. The van der Waals surface area contributed by atoms with Crippen molar-refractivity contribution >= 4 is 23.2 Å². The van der Waals surface area contributed by atoms with E-state index >= 15 is 0 Å². The van der Waals surface area contributed by atoms with Crippen LogP contribution in [0.5, 0.6) is 5.75 Å². The van der Waals surface area contributed by atoms with Crippen LogP contribution in [0.2, 0.25) is 5.02 Å². The van der Waals surface area contributed by atoms with E-state index in [1.54, 1.807) is 31.2 Å². The fourth-order valence-corrected chi connectivity index (χ4v) is 2.82. The van der Waals surface area contributed by atoms with Crippen LogP contribution < -0.4 is 16.3 Å². The third-order valence-corrected chi connectivity index (χ3v) is 4.37. The number of hydrogen-bond donors (Lipinski definition) is 4. The average molecular weight is 359 g/mol. The number of benzene rings is 2. The van der Waals surface area contributed by atoms with Crippen LogP contribution in [0.25, 0.3) is 0 Å². The molecule has 1 saturated heterocycles. The number of aromatic hydroxyl groups is 1. The Morgan fingerprint density at radius 3 is 2.64 bits per heavy atom. The molecule has 0 radical (unpaired) electrons. The van der Waals surface area contributed by atoms with Gasteiger partial charge in [0.05, 0.1) is 5.71 Å². The molecule has 1 aliphatic heterocycles. The Labute approximate surface area is 150 Å². The van der Waals surface area contributed by atoms with Crippen molar-refractivity contribution in [3.63, 3.8) is 0 Å². The van der Waals surface area contributed by atoms with E-state index in [0.717, 1.165) is 5.56 Å². The molecule has 6 nitrogen and oxygen atoms in total. The van der Waals surface area contributed by atoms with E-state index in [9.17, 15) is 9.90 Å². The number of rotatable bonds is 4. The molecule has 2 aromatic carbocycles. The first kappa shape index (κ1) is 17.4. The molecular formula is C18H19ClN4O2. The molecule has 0 aromatic heterocycles. The second-order valence-electron chi connectivity index (χ2n) is 5.87. The van der Waals surface area contributed by atoms with E-state index in [1.807, 2.05) is 24.3 Å². The van der Waals surface area contributed by atoms with E-state index in [4.69, 9.17) is 11.6 Å². The third-order valence-electron chi connectivity index (χ3n) is 4.12. The summed E-state index contributed by atoms with van der Waals surface area (Å²) in [6.07, 6.45) is 0.596. The number of amides is 1. The number of hydrazone groups is 1. The summed E-state index contributed by atoms with van der Waals surface area (Å²) in [6.45, 7) is 1.73. The van der Waals surface area contributed by atoms with Crippen LogP contribution in [-0.2, 0) is 4.79 Å². The number of carbonyl (C=O) groups excluding carboxylic acids is 1. The number of carbonyl (C=O) groups is 1. The Kier molecular flexibility index (Phi) is 5.33. The highest BCUT2D eigenvalue weighted by Gasteiger charge is 2.30. The van der Waals surface area contributed by atoms with Gasteiger partial charge in [-0.2, -0.15) is 5.10 Å². The quantitative estimate of drug-likeness (QED) is 0.499. The van der Waals surface area contributed by atoms with Crippen molar-refractivity contribution in [2.75, 3.05) is 0 Å². The first-order valence-corrected chi connectivity index (χ1v) is 8.31. The molecule has 7 heteroatoms. The predicted molar refractivity (Wildman–Crippen MR) is 97.3 cm³/mol. The highest BCUT2D eigenvalue weighted by atomic mass is 35.5. The van der Waals surface area contributed by atoms with E-state index in [-0.39, 0.29) is 17.7 Å². The van der Waals surface area contributed by atoms with Crippen molar-refractivity contribution in [2.45, 2.75) is 25.4 Å². The van der Waals surface area contributed by atoms with Crippen molar-refractivity contribution < 1.29 is 9.90 Å². The van der Waals surface area contributed by atoms with Gasteiger partial charge in [-0.15, -0.1) is 0 Å². The minimum atomic E-state index is -0.401. The Bertz CT molecular complexity index is 792. The number of phenolic OH excluding ortho intramolecular Hbond substituents is 1. The number of para-hydroxylation sites is 1. The van der Waals surface area contributed by atoms with Gasteiger partial charge in [0.1, 0.15) is 11.8 Å². The average Bonchev–Trinajstić information content (AvgIpc) is 3.10.